The van der Waals surface area contributed by atoms with Crippen LogP contribution in [0.15, 0.2) is 41.2 Å². The summed E-state index contributed by atoms with van der Waals surface area (Å²) >= 11 is 7.76. The lowest BCUT2D eigenvalue weighted by atomic mass is 10.2. The van der Waals surface area contributed by atoms with Gasteiger partial charge in [0.2, 0.25) is 0 Å². The van der Waals surface area contributed by atoms with Gasteiger partial charge in [0.15, 0.2) is 16.5 Å². The van der Waals surface area contributed by atoms with Crippen LogP contribution in [0, 0.1) is 0 Å². The van der Waals surface area contributed by atoms with Gasteiger partial charge in [0.05, 0.1) is 33.8 Å². The normalized spacial score (nSPS) is 12.2. The Morgan fingerprint density at radius 2 is 1.85 bits per heavy atom. The number of thiazole rings is 1. The minimum absolute atomic E-state index is 0.105. The number of nitrogens with zero attached hydrogens (tertiary/aromatic N) is 2. The number of aromatic nitrogens is 2. The van der Waals surface area contributed by atoms with Crippen LogP contribution in [0.2, 0.25) is 5.02 Å². The molecule has 0 amide bonds. The van der Waals surface area contributed by atoms with Gasteiger partial charge in [0, 0.05) is 6.07 Å². The molecule has 0 saturated heterocycles. The predicted molar refractivity (Wildman–Crippen MR) is 109 cm³/mol. The molecular weight excluding hydrogens is 384 g/mol. The maximum Gasteiger partial charge on any atom is 0.274 e. The van der Waals surface area contributed by atoms with Gasteiger partial charge in [-0.25, -0.2) is 9.38 Å². The Bertz CT molecular complexity index is 1250. The summed E-state index contributed by atoms with van der Waals surface area (Å²) in [6.45, 7) is 4.83. The molecule has 0 unspecified atom stereocenters. The van der Waals surface area contributed by atoms with Crippen molar-refractivity contribution in [3.8, 4) is 11.5 Å². The summed E-state index contributed by atoms with van der Waals surface area (Å²) in [7, 11) is 0. The highest BCUT2D eigenvalue weighted by atomic mass is 35.5. The van der Waals surface area contributed by atoms with Crippen molar-refractivity contribution in [2.45, 2.75) is 13.8 Å². The first-order valence-corrected chi connectivity index (χ1v) is 9.82. The summed E-state index contributed by atoms with van der Waals surface area (Å²) in [5.41, 5.74) is 2.22. The van der Waals surface area contributed by atoms with Crippen molar-refractivity contribution in [2.75, 3.05) is 13.2 Å². The zero-order valence-corrected chi connectivity index (χ0v) is 16.4. The molecule has 0 fully saturated rings. The maximum absolute atomic E-state index is 12.9. The van der Waals surface area contributed by atoms with Crippen molar-refractivity contribution < 1.29 is 9.47 Å². The van der Waals surface area contributed by atoms with Crippen LogP contribution in [-0.4, -0.2) is 22.6 Å². The van der Waals surface area contributed by atoms with Crippen LogP contribution in [0.1, 0.15) is 19.4 Å². The highest BCUT2D eigenvalue weighted by molar-refractivity contribution is 7.15. The van der Waals surface area contributed by atoms with E-state index in [4.69, 9.17) is 21.1 Å². The second-order valence-corrected chi connectivity index (χ2v) is 7.24. The topological polar surface area (TPSA) is 52.8 Å². The highest BCUT2D eigenvalue weighted by Crippen LogP contribution is 2.34. The Labute approximate surface area is 164 Å². The van der Waals surface area contributed by atoms with Gasteiger partial charge in [-0.05, 0) is 43.7 Å². The predicted octanol–water partition coefficient (Wildman–Crippen LogP) is 3.91. The number of imidazole rings is 1. The first-order chi connectivity index (χ1) is 13.1. The third kappa shape index (κ3) is 3.15. The van der Waals surface area contributed by atoms with Crippen LogP contribution in [0.5, 0.6) is 11.5 Å². The standard InChI is InChI=1S/C20H17ClN2O3S/c1-3-25-16-9-12(13(21)11-17(16)26-4-2)10-18-19(24)23-15-8-6-5-7-14(15)22-20(23)27-18/h5-11H,3-4H2,1-2H3. The zero-order valence-electron chi connectivity index (χ0n) is 14.9. The molecule has 138 valence electrons. The molecule has 2 aromatic heterocycles. The van der Waals surface area contributed by atoms with Gasteiger partial charge in [0.25, 0.3) is 5.56 Å². The Morgan fingerprint density at radius 3 is 2.59 bits per heavy atom. The van der Waals surface area contributed by atoms with E-state index in [-0.39, 0.29) is 5.56 Å². The SMILES string of the molecule is CCOc1cc(Cl)c(C=c2sc3nc4ccccc4n3c2=O)cc1OCC. The van der Waals surface area contributed by atoms with E-state index in [1.165, 1.54) is 11.3 Å². The number of halogens is 1. The molecule has 5 nitrogen and oxygen atoms in total. The molecule has 2 aromatic carbocycles. The minimum atomic E-state index is -0.105. The summed E-state index contributed by atoms with van der Waals surface area (Å²) in [6.07, 6.45) is 1.77. The van der Waals surface area contributed by atoms with E-state index in [1.54, 1.807) is 22.6 Å². The highest BCUT2D eigenvalue weighted by Gasteiger charge is 2.13. The third-order valence-corrected chi connectivity index (χ3v) is 5.39. The number of benzene rings is 2. The molecule has 4 aromatic rings. The number of fused-ring (bicyclic) bond motifs is 3. The lowest BCUT2D eigenvalue weighted by Gasteiger charge is -2.12. The fraction of sp³-hybridized carbons (Fsp3) is 0.200. The van der Waals surface area contributed by atoms with Crippen molar-refractivity contribution in [1.82, 2.24) is 9.38 Å². The van der Waals surface area contributed by atoms with E-state index in [1.807, 2.05) is 38.1 Å². The minimum Gasteiger partial charge on any atom is -0.490 e. The van der Waals surface area contributed by atoms with E-state index in [9.17, 15) is 4.79 Å². The quantitative estimate of drug-likeness (QED) is 0.509. The van der Waals surface area contributed by atoms with Crippen molar-refractivity contribution in [1.29, 1.82) is 0 Å². The lowest BCUT2D eigenvalue weighted by Crippen LogP contribution is -2.22. The summed E-state index contributed by atoms with van der Waals surface area (Å²) in [4.78, 5) is 18.1. The van der Waals surface area contributed by atoms with Gasteiger partial charge in [0.1, 0.15) is 0 Å². The first-order valence-electron chi connectivity index (χ1n) is 8.63. The van der Waals surface area contributed by atoms with Crippen molar-refractivity contribution >= 4 is 45.0 Å². The fourth-order valence-electron chi connectivity index (χ4n) is 2.95. The van der Waals surface area contributed by atoms with Crippen LogP contribution < -0.4 is 19.6 Å². The Morgan fingerprint density at radius 1 is 1.15 bits per heavy atom. The monoisotopic (exact) mass is 400 g/mol. The summed E-state index contributed by atoms with van der Waals surface area (Å²) in [5.74, 6) is 1.20. The van der Waals surface area contributed by atoms with Crippen LogP contribution in [0.25, 0.3) is 22.1 Å². The van der Waals surface area contributed by atoms with E-state index in [0.29, 0.717) is 44.8 Å². The molecule has 0 saturated carbocycles. The maximum atomic E-state index is 12.9. The molecule has 7 heteroatoms. The second-order valence-electron chi connectivity index (χ2n) is 5.82. The number of rotatable bonds is 5. The molecule has 0 aliphatic rings. The smallest absolute Gasteiger partial charge is 0.274 e. The molecule has 0 atom stereocenters. The molecule has 27 heavy (non-hydrogen) atoms. The summed E-state index contributed by atoms with van der Waals surface area (Å²) < 4.78 is 13.4. The molecule has 0 bridgehead atoms. The van der Waals surface area contributed by atoms with Gasteiger partial charge >= 0.3 is 0 Å². The van der Waals surface area contributed by atoms with Gasteiger partial charge in [-0.1, -0.05) is 35.1 Å². The van der Waals surface area contributed by atoms with E-state index >= 15 is 0 Å². The van der Waals surface area contributed by atoms with Crippen LogP contribution in [0.4, 0.5) is 0 Å². The number of hydrogen-bond acceptors (Lipinski definition) is 5. The Kier molecular flexibility index (Phi) is 4.76. The van der Waals surface area contributed by atoms with Crippen molar-refractivity contribution in [2.24, 2.45) is 0 Å². The Balaban J connectivity index is 1.89. The fourth-order valence-corrected chi connectivity index (χ4v) is 4.14. The van der Waals surface area contributed by atoms with Crippen LogP contribution in [0.3, 0.4) is 0 Å². The van der Waals surface area contributed by atoms with E-state index in [2.05, 4.69) is 4.98 Å². The molecular formula is C20H17ClN2O3S. The molecule has 4 rings (SSSR count). The summed E-state index contributed by atoms with van der Waals surface area (Å²) in [5, 5.41) is 0.497. The lowest BCUT2D eigenvalue weighted by molar-refractivity contribution is 0.288. The number of hydrogen-bond donors (Lipinski definition) is 0. The molecule has 2 heterocycles. The van der Waals surface area contributed by atoms with E-state index in [0.717, 1.165) is 11.0 Å². The van der Waals surface area contributed by atoms with Crippen LogP contribution >= 0.6 is 22.9 Å². The number of ether oxygens (including phenoxy) is 2. The average molecular weight is 401 g/mol. The van der Waals surface area contributed by atoms with Crippen LogP contribution in [-0.2, 0) is 0 Å². The third-order valence-electron chi connectivity index (χ3n) is 4.09. The van der Waals surface area contributed by atoms with Gasteiger partial charge in [-0.2, -0.15) is 0 Å². The Hall–Kier alpha value is -2.57. The van der Waals surface area contributed by atoms with Gasteiger partial charge < -0.3 is 9.47 Å². The molecule has 0 spiro atoms. The van der Waals surface area contributed by atoms with Gasteiger partial charge in [-0.15, -0.1) is 0 Å². The molecule has 0 radical (unpaired) electrons. The molecule has 0 aliphatic heterocycles. The molecule has 0 aliphatic carbocycles. The average Bonchev–Trinajstić information content (AvgIpc) is 3.16. The zero-order chi connectivity index (χ0) is 19.0. The first kappa shape index (κ1) is 17.8. The van der Waals surface area contributed by atoms with Crippen molar-refractivity contribution in [3.05, 3.63) is 61.9 Å². The second kappa shape index (κ2) is 7.21. The van der Waals surface area contributed by atoms with Crippen molar-refractivity contribution in [3.63, 3.8) is 0 Å². The number of para-hydroxylation sites is 2. The summed E-state index contributed by atoms with van der Waals surface area (Å²) in [6, 6.07) is 11.1. The van der Waals surface area contributed by atoms with Gasteiger partial charge in [-0.3, -0.25) is 4.79 Å². The van der Waals surface area contributed by atoms with E-state index < -0.39 is 0 Å². The molecule has 0 N–H and O–H groups in total. The largest absolute Gasteiger partial charge is 0.490 e.